The fourth-order valence-electron chi connectivity index (χ4n) is 1.88. The van der Waals surface area contributed by atoms with Gasteiger partial charge in [0, 0.05) is 23.3 Å². The summed E-state index contributed by atoms with van der Waals surface area (Å²) in [6.45, 7) is 5.23. The Morgan fingerprint density at radius 1 is 1.54 bits per heavy atom. The number of aromatic nitrogens is 2. The standard InChI is InChI=1S/C10H17N3/c1-3-9-8(10(11)5-6-10)7-12-13(9)4-2/h7H,3-6,11H2,1-2H3. The summed E-state index contributed by atoms with van der Waals surface area (Å²) in [6, 6.07) is 0. The zero-order valence-electron chi connectivity index (χ0n) is 8.38. The molecule has 0 saturated heterocycles. The molecule has 2 rings (SSSR count). The SMILES string of the molecule is CCc1c(C2(N)CC2)cnn1CC. The van der Waals surface area contributed by atoms with Crippen molar-refractivity contribution in [2.75, 3.05) is 0 Å². The van der Waals surface area contributed by atoms with Crippen LogP contribution < -0.4 is 5.73 Å². The zero-order chi connectivity index (χ0) is 9.47. The molecule has 0 unspecified atom stereocenters. The minimum atomic E-state index is -0.0290. The van der Waals surface area contributed by atoms with E-state index in [0.29, 0.717) is 0 Å². The second kappa shape index (κ2) is 2.84. The van der Waals surface area contributed by atoms with Crippen LogP contribution in [0.5, 0.6) is 0 Å². The Balaban J connectivity index is 2.40. The summed E-state index contributed by atoms with van der Waals surface area (Å²) < 4.78 is 2.06. The van der Waals surface area contributed by atoms with E-state index < -0.39 is 0 Å². The van der Waals surface area contributed by atoms with E-state index in [-0.39, 0.29) is 5.54 Å². The largest absolute Gasteiger partial charge is 0.321 e. The minimum absolute atomic E-state index is 0.0290. The van der Waals surface area contributed by atoms with E-state index in [2.05, 4.69) is 23.6 Å². The average Bonchev–Trinajstić information content (AvgIpc) is 2.75. The molecule has 0 aliphatic heterocycles. The van der Waals surface area contributed by atoms with Crippen molar-refractivity contribution in [1.82, 2.24) is 9.78 Å². The van der Waals surface area contributed by atoms with Gasteiger partial charge in [-0.05, 0) is 26.2 Å². The molecular formula is C10H17N3. The molecule has 0 bridgehead atoms. The van der Waals surface area contributed by atoms with Crippen molar-refractivity contribution in [3.8, 4) is 0 Å². The first-order valence-corrected chi connectivity index (χ1v) is 5.05. The monoisotopic (exact) mass is 179 g/mol. The number of hydrogen-bond acceptors (Lipinski definition) is 2. The van der Waals surface area contributed by atoms with Gasteiger partial charge in [-0.25, -0.2) is 0 Å². The van der Waals surface area contributed by atoms with E-state index in [9.17, 15) is 0 Å². The van der Waals surface area contributed by atoms with Crippen LogP contribution in [0.1, 0.15) is 37.9 Å². The number of rotatable bonds is 3. The van der Waals surface area contributed by atoms with Crippen molar-refractivity contribution in [3.05, 3.63) is 17.5 Å². The topological polar surface area (TPSA) is 43.8 Å². The Bertz CT molecular complexity index is 310. The van der Waals surface area contributed by atoms with Crippen molar-refractivity contribution in [2.24, 2.45) is 5.73 Å². The summed E-state index contributed by atoms with van der Waals surface area (Å²) >= 11 is 0. The van der Waals surface area contributed by atoms with E-state index in [0.717, 1.165) is 25.8 Å². The van der Waals surface area contributed by atoms with Crippen molar-refractivity contribution < 1.29 is 0 Å². The van der Waals surface area contributed by atoms with Gasteiger partial charge in [0.2, 0.25) is 0 Å². The van der Waals surface area contributed by atoms with E-state index in [1.807, 2.05) is 6.20 Å². The number of hydrogen-bond donors (Lipinski definition) is 1. The fraction of sp³-hybridized carbons (Fsp3) is 0.700. The van der Waals surface area contributed by atoms with Gasteiger partial charge in [0.1, 0.15) is 0 Å². The van der Waals surface area contributed by atoms with Gasteiger partial charge in [-0.2, -0.15) is 5.10 Å². The lowest BCUT2D eigenvalue weighted by Gasteiger charge is -2.10. The molecule has 0 spiro atoms. The predicted molar refractivity (Wildman–Crippen MR) is 52.4 cm³/mol. The van der Waals surface area contributed by atoms with Gasteiger partial charge in [0.05, 0.1) is 6.20 Å². The molecule has 1 fully saturated rings. The highest BCUT2D eigenvalue weighted by Gasteiger charge is 2.42. The maximum absolute atomic E-state index is 6.16. The Kier molecular flexibility index (Phi) is 1.91. The molecule has 1 aliphatic carbocycles. The summed E-state index contributed by atoms with van der Waals surface area (Å²) in [5, 5.41) is 4.35. The summed E-state index contributed by atoms with van der Waals surface area (Å²) in [5.74, 6) is 0. The molecule has 3 nitrogen and oxygen atoms in total. The van der Waals surface area contributed by atoms with Crippen LogP contribution in [-0.2, 0) is 18.5 Å². The molecule has 1 saturated carbocycles. The Labute approximate surface area is 78.9 Å². The molecule has 1 aromatic rings. The van der Waals surface area contributed by atoms with Crippen LogP contribution in [0.15, 0.2) is 6.20 Å². The van der Waals surface area contributed by atoms with Crippen LogP contribution in [0.25, 0.3) is 0 Å². The average molecular weight is 179 g/mol. The second-order valence-electron chi connectivity index (χ2n) is 3.83. The van der Waals surface area contributed by atoms with Crippen molar-refractivity contribution in [1.29, 1.82) is 0 Å². The van der Waals surface area contributed by atoms with Crippen molar-refractivity contribution in [2.45, 2.75) is 45.2 Å². The smallest absolute Gasteiger partial charge is 0.0543 e. The van der Waals surface area contributed by atoms with Gasteiger partial charge in [-0.15, -0.1) is 0 Å². The van der Waals surface area contributed by atoms with Crippen LogP contribution in [0.2, 0.25) is 0 Å². The van der Waals surface area contributed by atoms with Crippen molar-refractivity contribution in [3.63, 3.8) is 0 Å². The molecule has 0 atom stereocenters. The maximum Gasteiger partial charge on any atom is 0.0543 e. The minimum Gasteiger partial charge on any atom is -0.321 e. The fourth-order valence-corrected chi connectivity index (χ4v) is 1.88. The number of nitrogens with zero attached hydrogens (tertiary/aromatic N) is 2. The van der Waals surface area contributed by atoms with Crippen molar-refractivity contribution >= 4 is 0 Å². The first kappa shape index (κ1) is 8.75. The molecule has 3 heteroatoms. The molecular weight excluding hydrogens is 162 g/mol. The zero-order valence-corrected chi connectivity index (χ0v) is 8.38. The third-order valence-electron chi connectivity index (χ3n) is 2.91. The lowest BCUT2D eigenvalue weighted by atomic mass is 10.1. The van der Waals surface area contributed by atoms with Gasteiger partial charge in [-0.1, -0.05) is 6.92 Å². The molecule has 0 aromatic carbocycles. The number of nitrogens with two attached hydrogens (primary N) is 1. The summed E-state index contributed by atoms with van der Waals surface area (Å²) in [4.78, 5) is 0. The molecule has 1 aliphatic rings. The van der Waals surface area contributed by atoms with E-state index in [1.54, 1.807) is 0 Å². The molecule has 13 heavy (non-hydrogen) atoms. The van der Waals surface area contributed by atoms with Crippen LogP contribution in [0.3, 0.4) is 0 Å². The quantitative estimate of drug-likeness (QED) is 0.762. The molecule has 0 amide bonds. The predicted octanol–water partition coefficient (Wildman–Crippen LogP) is 1.41. The van der Waals surface area contributed by atoms with Gasteiger partial charge >= 0.3 is 0 Å². The summed E-state index contributed by atoms with van der Waals surface area (Å²) in [7, 11) is 0. The molecule has 1 heterocycles. The molecule has 2 N–H and O–H groups in total. The van der Waals surface area contributed by atoms with Gasteiger partial charge in [0.25, 0.3) is 0 Å². The normalized spacial score (nSPS) is 19.0. The Morgan fingerprint density at radius 2 is 2.23 bits per heavy atom. The molecule has 1 aromatic heterocycles. The summed E-state index contributed by atoms with van der Waals surface area (Å²) in [6.07, 6.45) is 5.22. The Morgan fingerprint density at radius 3 is 2.69 bits per heavy atom. The van der Waals surface area contributed by atoms with E-state index >= 15 is 0 Å². The maximum atomic E-state index is 6.16. The Hall–Kier alpha value is -0.830. The highest BCUT2D eigenvalue weighted by Crippen LogP contribution is 2.44. The van der Waals surface area contributed by atoms with Gasteiger partial charge in [0.15, 0.2) is 0 Å². The van der Waals surface area contributed by atoms with Crippen LogP contribution >= 0.6 is 0 Å². The lowest BCUT2D eigenvalue weighted by Crippen LogP contribution is -2.20. The highest BCUT2D eigenvalue weighted by atomic mass is 15.3. The van der Waals surface area contributed by atoms with E-state index in [4.69, 9.17) is 5.73 Å². The van der Waals surface area contributed by atoms with Crippen LogP contribution in [0, 0.1) is 0 Å². The number of aryl methyl sites for hydroxylation is 1. The van der Waals surface area contributed by atoms with E-state index in [1.165, 1.54) is 11.3 Å². The van der Waals surface area contributed by atoms with Crippen LogP contribution in [0.4, 0.5) is 0 Å². The molecule has 0 radical (unpaired) electrons. The first-order chi connectivity index (χ1) is 6.21. The lowest BCUT2D eigenvalue weighted by molar-refractivity contribution is 0.617. The summed E-state index contributed by atoms with van der Waals surface area (Å²) in [5.41, 5.74) is 8.73. The van der Waals surface area contributed by atoms with Crippen LogP contribution in [-0.4, -0.2) is 9.78 Å². The molecule has 72 valence electrons. The third-order valence-corrected chi connectivity index (χ3v) is 2.91. The second-order valence-corrected chi connectivity index (χ2v) is 3.83. The highest BCUT2D eigenvalue weighted by molar-refractivity contribution is 5.31. The third kappa shape index (κ3) is 1.27. The van der Waals surface area contributed by atoms with Gasteiger partial charge in [-0.3, -0.25) is 4.68 Å². The van der Waals surface area contributed by atoms with Gasteiger partial charge < -0.3 is 5.73 Å². The first-order valence-electron chi connectivity index (χ1n) is 5.05.